The van der Waals surface area contributed by atoms with E-state index in [-0.39, 0.29) is 47.5 Å². The number of fused-ring (bicyclic) bond motifs is 1. The molecule has 4 aromatic heterocycles. The molecule has 0 saturated carbocycles. The molecular formula is C24H25ClN8O3S. The molecule has 5 heterocycles. The van der Waals surface area contributed by atoms with Gasteiger partial charge in [0.05, 0.1) is 23.3 Å². The molecule has 3 atom stereocenters. The van der Waals surface area contributed by atoms with Crippen molar-refractivity contribution in [2.45, 2.75) is 31.3 Å². The number of likely N-dealkylation sites (tertiary alicyclic amines) is 1. The first-order valence-corrected chi connectivity index (χ1v) is 13.0. The minimum Gasteiger partial charge on any atom is -0.359 e. The van der Waals surface area contributed by atoms with E-state index in [0.29, 0.717) is 35.1 Å². The van der Waals surface area contributed by atoms with Gasteiger partial charge in [-0.2, -0.15) is 0 Å². The van der Waals surface area contributed by atoms with Crippen LogP contribution < -0.4 is 11.1 Å². The molecule has 0 bridgehead atoms. The number of aromatic nitrogens is 5. The number of halogens is 1. The zero-order valence-electron chi connectivity index (χ0n) is 19.9. The molecule has 37 heavy (non-hydrogen) atoms. The summed E-state index contributed by atoms with van der Waals surface area (Å²) in [5.74, 6) is -1.30. The van der Waals surface area contributed by atoms with Gasteiger partial charge in [0.2, 0.25) is 5.91 Å². The van der Waals surface area contributed by atoms with Crippen molar-refractivity contribution in [1.82, 2.24) is 34.6 Å². The third kappa shape index (κ3) is 5.26. The van der Waals surface area contributed by atoms with E-state index in [1.165, 1.54) is 17.7 Å². The summed E-state index contributed by atoms with van der Waals surface area (Å²) in [7, 11) is 1.54. The molecule has 0 radical (unpaired) electrons. The normalized spacial score (nSPS) is 18.3. The lowest BCUT2D eigenvalue weighted by Crippen LogP contribution is -2.33. The van der Waals surface area contributed by atoms with Crippen molar-refractivity contribution < 1.29 is 14.4 Å². The Balaban J connectivity index is 1.33. The van der Waals surface area contributed by atoms with Crippen molar-refractivity contribution in [1.29, 1.82) is 0 Å². The van der Waals surface area contributed by atoms with Crippen LogP contribution in [0.2, 0.25) is 5.02 Å². The second-order valence-electron chi connectivity index (χ2n) is 9.00. The van der Waals surface area contributed by atoms with Gasteiger partial charge in [-0.05, 0) is 18.6 Å². The Kier molecular flexibility index (Phi) is 7.04. The molecule has 1 aliphatic rings. The molecule has 11 nitrogen and oxygen atoms in total. The highest BCUT2D eigenvalue weighted by molar-refractivity contribution is 7.09. The average Bonchev–Trinajstić information content (AvgIpc) is 3.68. The van der Waals surface area contributed by atoms with Gasteiger partial charge in [0.25, 0.3) is 5.91 Å². The fraction of sp³-hybridized carbons (Fsp3) is 0.333. The van der Waals surface area contributed by atoms with Crippen LogP contribution in [0, 0.1) is 5.92 Å². The maximum absolute atomic E-state index is 13.4. The van der Waals surface area contributed by atoms with Crippen molar-refractivity contribution in [3.05, 3.63) is 69.5 Å². The van der Waals surface area contributed by atoms with Crippen molar-refractivity contribution in [2.24, 2.45) is 11.7 Å². The molecule has 13 heteroatoms. The minimum absolute atomic E-state index is 0.00149. The molecule has 0 aromatic carbocycles. The minimum atomic E-state index is -0.565. The Labute approximate surface area is 221 Å². The average molecular weight is 541 g/mol. The molecule has 0 unspecified atom stereocenters. The van der Waals surface area contributed by atoms with E-state index in [9.17, 15) is 14.4 Å². The molecule has 4 N–H and O–H groups in total. The highest BCUT2D eigenvalue weighted by atomic mass is 35.5. The number of pyridine rings is 1. The maximum Gasteiger partial charge on any atom is 0.274 e. The lowest BCUT2D eigenvalue weighted by atomic mass is 9.95. The summed E-state index contributed by atoms with van der Waals surface area (Å²) in [6, 6.07) is 2.85. The van der Waals surface area contributed by atoms with Gasteiger partial charge >= 0.3 is 0 Å². The number of nitrogens with one attached hydrogen (secondary N) is 2. The number of carbonyl (C=O) groups is 3. The summed E-state index contributed by atoms with van der Waals surface area (Å²) in [6.45, 7) is 0.351. The van der Waals surface area contributed by atoms with Crippen LogP contribution in [-0.2, 0) is 11.2 Å². The maximum atomic E-state index is 13.4. The lowest BCUT2D eigenvalue weighted by molar-refractivity contribution is -0.124. The van der Waals surface area contributed by atoms with Gasteiger partial charge in [0.1, 0.15) is 22.0 Å². The number of nitrogens with two attached hydrogens (primary N) is 1. The number of carbonyl (C=O) groups excluding carboxylic acids is 3. The van der Waals surface area contributed by atoms with Crippen LogP contribution in [0.25, 0.3) is 5.65 Å². The molecule has 192 valence electrons. The van der Waals surface area contributed by atoms with Gasteiger partial charge in [0.15, 0.2) is 5.78 Å². The summed E-state index contributed by atoms with van der Waals surface area (Å²) in [4.78, 5) is 56.5. The van der Waals surface area contributed by atoms with Crippen molar-refractivity contribution in [3.63, 3.8) is 0 Å². The third-order valence-corrected chi connectivity index (χ3v) is 7.56. The Morgan fingerprint density at radius 3 is 2.86 bits per heavy atom. The summed E-state index contributed by atoms with van der Waals surface area (Å²) in [5, 5.41) is 5.46. The highest BCUT2D eigenvalue weighted by Gasteiger charge is 2.38. The third-order valence-electron chi connectivity index (χ3n) is 6.39. The number of H-pyrrole nitrogens is 1. The van der Waals surface area contributed by atoms with E-state index in [1.807, 2.05) is 0 Å². The van der Waals surface area contributed by atoms with E-state index in [0.717, 1.165) is 5.69 Å². The number of nitrogens with zero attached hydrogens (tertiary/aromatic N) is 5. The predicted molar refractivity (Wildman–Crippen MR) is 137 cm³/mol. The van der Waals surface area contributed by atoms with Crippen LogP contribution in [0.5, 0.6) is 0 Å². The number of hydrogen-bond donors (Lipinski definition) is 3. The topological polar surface area (TPSA) is 151 Å². The van der Waals surface area contributed by atoms with Crippen molar-refractivity contribution >= 4 is 46.2 Å². The van der Waals surface area contributed by atoms with Gasteiger partial charge < -0.3 is 25.3 Å². The summed E-state index contributed by atoms with van der Waals surface area (Å²) in [5.41, 5.74) is 8.16. The molecule has 4 aromatic rings. The quantitative estimate of drug-likeness (QED) is 0.290. The number of ketones is 1. The largest absolute Gasteiger partial charge is 0.359 e. The van der Waals surface area contributed by atoms with Gasteiger partial charge in [0, 0.05) is 62.1 Å². The molecule has 1 saturated heterocycles. The van der Waals surface area contributed by atoms with Crippen molar-refractivity contribution in [3.8, 4) is 0 Å². The number of amides is 2. The zero-order valence-corrected chi connectivity index (χ0v) is 21.5. The highest BCUT2D eigenvalue weighted by Crippen LogP contribution is 2.35. The van der Waals surface area contributed by atoms with Crippen LogP contribution in [0.3, 0.4) is 0 Å². The fourth-order valence-electron chi connectivity index (χ4n) is 4.56. The van der Waals surface area contributed by atoms with Gasteiger partial charge in [-0.1, -0.05) is 11.6 Å². The van der Waals surface area contributed by atoms with E-state index < -0.39 is 5.92 Å². The number of rotatable bonds is 8. The Hall–Kier alpha value is -3.61. The second kappa shape index (κ2) is 10.4. The van der Waals surface area contributed by atoms with E-state index >= 15 is 0 Å². The fourth-order valence-corrected chi connectivity index (χ4v) is 5.68. The molecule has 0 spiro atoms. The van der Waals surface area contributed by atoms with E-state index in [4.69, 9.17) is 17.3 Å². The van der Waals surface area contributed by atoms with Crippen LogP contribution in [0.15, 0.2) is 42.4 Å². The molecular weight excluding hydrogens is 516 g/mol. The summed E-state index contributed by atoms with van der Waals surface area (Å²) < 4.78 is 1.70. The molecule has 0 aliphatic carbocycles. The van der Waals surface area contributed by atoms with Gasteiger partial charge in [-0.3, -0.25) is 14.4 Å². The van der Waals surface area contributed by atoms with Crippen molar-refractivity contribution in [2.75, 3.05) is 13.6 Å². The first-order valence-electron chi connectivity index (χ1n) is 11.7. The Morgan fingerprint density at radius 2 is 2.11 bits per heavy atom. The number of hydrogen-bond acceptors (Lipinski definition) is 8. The number of Topliss-reactive ketones (excluding diaryl/α,β-unsaturated/α-hetero) is 1. The lowest BCUT2D eigenvalue weighted by Gasteiger charge is -2.21. The first-order chi connectivity index (χ1) is 17.8. The van der Waals surface area contributed by atoms with E-state index in [1.54, 1.807) is 52.5 Å². The monoisotopic (exact) mass is 540 g/mol. The smallest absolute Gasteiger partial charge is 0.274 e. The summed E-state index contributed by atoms with van der Waals surface area (Å²) >= 11 is 7.36. The Bertz CT molecular complexity index is 1450. The molecule has 5 rings (SSSR count). The Morgan fingerprint density at radius 1 is 1.27 bits per heavy atom. The van der Waals surface area contributed by atoms with Crippen LogP contribution in [-0.4, -0.2) is 66.5 Å². The van der Waals surface area contributed by atoms with Gasteiger partial charge in [-0.25, -0.2) is 15.0 Å². The second-order valence-corrected chi connectivity index (χ2v) is 10.3. The number of aromatic amines is 1. The standard InChI is InChI=1S/C24H25ClN8O3S/c1-27-22(35)13(4-16-7-28-12-29-16)5-20(34)18-11-37-23(31-18)19-6-15(26)9-33(19)24(36)17-10-32-8-14(25)2-3-21(32)30-17/h2-3,7-8,10-13,15,19H,4-6,9,26H2,1H3,(H,27,35)(H,28,29)/t13-,15-,19+/m1/s1. The molecule has 1 aliphatic heterocycles. The predicted octanol–water partition coefficient (Wildman–Crippen LogP) is 2.26. The number of thiazole rings is 1. The zero-order chi connectivity index (χ0) is 26.1. The molecule has 2 amide bonds. The SMILES string of the molecule is CNC(=O)[C@@H](CC(=O)c1csc([C@@H]2C[C@@H](N)CN2C(=O)c2cn3cc(Cl)ccc3n2)n1)Cc1cnc[nH]1. The van der Waals surface area contributed by atoms with Crippen LogP contribution in [0.1, 0.15) is 50.6 Å². The van der Waals surface area contributed by atoms with Crippen LogP contribution >= 0.6 is 22.9 Å². The number of imidazole rings is 2. The molecule has 1 fully saturated rings. The van der Waals surface area contributed by atoms with Gasteiger partial charge in [-0.15, -0.1) is 11.3 Å². The van der Waals surface area contributed by atoms with Crippen LogP contribution in [0.4, 0.5) is 0 Å². The summed E-state index contributed by atoms with van der Waals surface area (Å²) in [6.07, 6.45) is 7.36. The first kappa shape index (κ1) is 25.1. The van der Waals surface area contributed by atoms with E-state index in [2.05, 4.69) is 25.3 Å².